The van der Waals surface area contributed by atoms with Crippen LogP contribution < -0.4 is 10.1 Å². The summed E-state index contributed by atoms with van der Waals surface area (Å²) in [7, 11) is 0. The quantitative estimate of drug-likeness (QED) is 0.454. The summed E-state index contributed by atoms with van der Waals surface area (Å²) in [4.78, 5) is 16.0. The molecule has 0 unspecified atom stereocenters. The lowest BCUT2D eigenvalue weighted by Crippen LogP contribution is -2.23. The van der Waals surface area contributed by atoms with Crippen molar-refractivity contribution in [3.05, 3.63) is 66.0 Å². The van der Waals surface area contributed by atoms with Crippen molar-refractivity contribution in [1.82, 2.24) is 10.3 Å². The molecular weight excluding hydrogens is 340 g/mol. The third-order valence-corrected chi connectivity index (χ3v) is 3.83. The van der Waals surface area contributed by atoms with Gasteiger partial charge in [-0.15, -0.1) is 0 Å². The van der Waals surface area contributed by atoms with E-state index in [2.05, 4.69) is 17.2 Å². The van der Waals surface area contributed by atoms with E-state index in [1.54, 1.807) is 18.3 Å². The molecule has 0 bridgehead atoms. The van der Waals surface area contributed by atoms with E-state index in [1.165, 1.54) is 0 Å². The molecule has 5 nitrogen and oxygen atoms in total. The molecule has 2 aromatic rings. The largest absolute Gasteiger partial charge is 0.487 e. The van der Waals surface area contributed by atoms with E-state index < -0.39 is 0 Å². The highest BCUT2D eigenvalue weighted by molar-refractivity contribution is 5.91. The molecule has 1 N–H and O–H groups in total. The van der Waals surface area contributed by atoms with Crippen LogP contribution in [-0.4, -0.2) is 30.6 Å². The Morgan fingerprint density at radius 2 is 1.93 bits per heavy atom. The first-order chi connectivity index (χ1) is 13.3. The molecule has 144 valence electrons. The van der Waals surface area contributed by atoms with E-state index in [4.69, 9.17) is 9.47 Å². The maximum atomic E-state index is 11.8. The fraction of sp³-hybridized carbons (Fsp3) is 0.364. The molecule has 1 aromatic heterocycles. The van der Waals surface area contributed by atoms with Crippen molar-refractivity contribution >= 4 is 12.0 Å². The number of nitrogens with one attached hydrogen (secondary N) is 1. The van der Waals surface area contributed by atoms with Crippen molar-refractivity contribution in [3.63, 3.8) is 0 Å². The average molecular weight is 368 g/mol. The van der Waals surface area contributed by atoms with Crippen molar-refractivity contribution in [2.75, 3.05) is 19.8 Å². The number of nitrogens with zero attached hydrogens (tertiary/aromatic N) is 1. The van der Waals surface area contributed by atoms with E-state index in [1.807, 2.05) is 42.5 Å². The molecule has 5 heteroatoms. The predicted octanol–water partition coefficient (Wildman–Crippen LogP) is 4.00. The van der Waals surface area contributed by atoms with Gasteiger partial charge in [-0.2, -0.15) is 0 Å². The summed E-state index contributed by atoms with van der Waals surface area (Å²) in [6, 6.07) is 13.3. The fourth-order valence-corrected chi connectivity index (χ4v) is 2.28. The minimum Gasteiger partial charge on any atom is -0.487 e. The van der Waals surface area contributed by atoms with Gasteiger partial charge in [0, 0.05) is 32.0 Å². The zero-order valence-electron chi connectivity index (χ0n) is 15.9. The van der Waals surface area contributed by atoms with E-state index in [9.17, 15) is 4.79 Å². The molecule has 0 aliphatic rings. The van der Waals surface area contributed by atoms with E-state index in [-0.39, 0.29) is 5.91 Å². The van der Waals surface area contributed by atoms with Crippen LogP contribution in [0.2, 0.25) is 0 Å². The third-order valence-electron chi connectivity index (χ3n) is 3.83. The number of ether oxygens (including phenoxy) is 2. The molecule has 0 aliphatic heterocycles. The molecule has 1 aromatic carbocycles. The topological polar surface area (TPSA) is 60.5 Å². The molecular formula is C22H28N2O3. The number of unbranched alkanes of at least 4 members (excludes halogenated alkanes) is 1. The number of rotatable bonds is 12. The standard InChI is InChI=1S/C22H28N2O3/c1-2-3-16-26-17-6-15-24-22(25)13-10-19-8-11-21(12-9-19)27-18-20-7-4-5-14-23-20/h4-5,7-14H,2-3,6,15-18H2,1H3,(H,24,25)/b13-10+. The molecule has 0 radical (unpaired) electrons. The highest BCUT2D eigenvalue weighted by atomic mass is 16.5. The van der Waals surface area contributed by atoms with Crippen LogP contribution in [0.4, 0.5) is 0 Å². The summed E-state index contributed by atoms with van der Waals surface area (Å²) in [5.41, 5.74) is 1.83. The Morgan fingerprint density at radius 3 is 2.67 bits per heavy atom. The molecule has 0 saturated carbocycles. The first-order valence-electron chi connectivity index (χ1n) is 9.44. The average Bonchev–Trinajstić information content (AvgIpc) is 2.71. The van der Waals surface area contributed by atoms with Crippen LogP contribution in [-0.2, 0) is 16.1 Å². The first kappa shape index (κ1) is 20.6. The van der Waals surface area contributed by atoms with Gasteiger partial charge in [-0.05, 0) is 48.7 Å². The first-order valence-corrected chi connectivity index (χ1v) is 9.44. The Hall–Kier alpha value is -2.66. The number of amides is 1. The number of benzene rings is 1. The lowest BCUT2D eigenvalue weighted by molar-refractivity contribution is -0.116. The number of carbonyl (C=O) groups is 1. The highest BCUT2D eigenvalue weighted by Gasteiger charge is 1.98. The van der Waals surface area contributed by atoms with Crippen LogP contribution in [0.15, 0.2) is 54.7 Å². The molecule has 0 aliphatic carbocycles. The molecule has 1 heterocycles. The Kier molecular flexibility index (Phi) is 9.68. The molecule has 0 saturated heterocycles. The summed E-state index contributed by atoms with van der Waals surface area (Å²) >= 11 is 0. The van der Waals surface area contributed by atoms with Crippen molar-refractivity contribution in [2.45, 2.75) is 32.8 Å². The van der Waals surface area contributed by atoms with Crippen LogP contribution in [0.3, 0.4) is 0 Å². The highest BCUT2D eigenvalue weighted by Crippen LogP contribution is 2.14. The van der Waals surface area contributed by atoms with Gasteiger partial charge in [-0.25, -0.2) is 0 Å². The van der Waals surface area contributed by atoms with Crippen LogP contribution in [0, 0.1) is 0 Å². The number of carbonyl (C=O) groups excluding carboxylic acids is 1. The number of hydrogen-bond donors (Lipinski definition) is 1. The smallest absolute Gasteiger partial charge is 0.244 e. The Morgan fingerprint density at radius 1 is 1.11 bits per heavy atom. The minimum atomic E-state index is -0.0981. The molecule has 0 spiro atoms. The van der Waals surface area contributed by atoms with Crippen LogP contribution in [0.1, 0.15) is 37.4 Å². The number of pyridine rings is 1. The van der Waals surface area contributed by atoms with Crippen LogP contribution in [0.25, 0.3) is 6.08 Å². The second-order valence-corrected chi connectivity index (χ2v) is 6.12. The van der Waals surface area contributed by atoms with Gasteiger partial charge in [0.15, 0.2) is 0 Å². The van der Waals surface area contributed by atoms with Crippen LogP contribution in [0.5, 0.6) is 5.75 Å². The van der Waals surface area contributed by atoms with Crippen molar-refractivity contribution in [2.24, 2.45) is 0 Å². The van der Waals surface area contributed by atoms with Crippen molar-refractivity contribution < 1.29 is 14.3 Å². The lowest BCUT2D eigenvalue weighted by atomic mass is 10.2. The van der Waals surface area contributed by atoms with Crippen molar-refractivity contribution in [1.29, 1.82) is 0 Å². The molecule has 2 rings (SSSR count). The Labute approximate surface area is 161 Å². The minimum absolute atomic E-state index is 0.0981. The van der Waals surface area contributed by atoms with Gasteiger partial charge in [-0.1, -0.05) is 31.5 Å². The molecule has 0 fully saturated rings. The van der Waals surface area contributed by atoms with Gasteiger partial charge < -0.3 is 14.8 Å². The van der Waals surface area contributed by atoms with Crippen LogP contribution >= 0.6 is 0 Å². The van der Waals surface area contributed by atoms with Gasteiger partial charge in [0.2, 0.25) is 5.91 Å². The summed E-state index contributed by atoms with van der Waals surface area (Å²) in [6.07, 6.45) is 8.13. The summed E-state index contributed by atoms with van der Waals surface area (Å²) in [5, 5.41) is 2.86. The van der Waals surface area contributed by atoms with Gasteiger partial charge in [0.1, 0.15) is 12.4 Å². The number of hydrogen-bond acceptors (Lipinski definition) is 4. The van der Waals surface area contributed by atoms with Crippen molar-refractivity contribution in [3.8, 4) is 5.75 Å². The predicted molar refractivity (Wildman–Crippen MR) is 107 cm³/mol. The molecule has 27 heavy (non-hydrogen) atoms. The van der Waals surface area contributed by atoms with Gasteiger partial charge >= 0.3 is 0 Å². The molecule has 0 atom stereocenters. The zero-order valence-corrected chi connectivity index (χ0v) is 15.9. The second kappa shape index (κ2) is 12.7. The summed E-state index contributed by atoms with van der Waals surface area (Å²) in [5.74, 6) is 0.671. The maximum absolute atomic E-state index is 11.8. The normalized spacial score (nSPS) is 10.9. The third kappa shape index (κ3) is 9.01. The van der Waals surface area contributed by atoms with E-state index in [0.29, 0.717) is 19.8 Å². The second-order valence-electron chi connectivity index (χ2n) is 6.12. The SMILES string of the molecule is CCCCOCCCNC(=O)/C=C/c1ccc(OCc2ccccn2)cc1. The van der Waals surface area contributed by atoms with Gasteiger partial charge in [-0.3, -0.25) is 9.78 Å². The number of aromatic nitrogens is 1. The fourth-order valence-electron chi connectivity index (χ4n) is 2.28. The zero-order chi connectivity index (χ0) is 19.2. The summed E-state index contributed by atoms with van der Waals surface area (Å²) in [6.45, 7) is 4.67. The van der Waals surface area contributed by atoms with E-state index >= 15 is 0 Å². The van der Waals surface area contributed by atoms with Gasteiger partial charge in [0.25, 0.3) is 0 Å². The van der Waals surface area contributed by atoms with E-state index in [0.717, 1.165) is 42.9 Å². The molecule has 1 amide bonds. The Balaban J connectivity index is 1.65. The lowest BCUT2D eigenvalue weighted by Gasteiger charge is -2.06. The van der Waals surface area contributed by atoms with Gasteiger partial charge in [0.05, 0.1) is 5.69 Å². The monoisotopic (exact) mass is 368 g/mol. The Bertz CT molecular complexity index is 684. The summed E-state index contributed by atoms with van der Waals surface area (Å²) < 4.78 is 11.2. The maximum Gasteiger partial charge on any atom is 0.244 e.